The number of hydrogen-bond donors (Lipinski definition) is 2. The molecule has 0 spiro atoms. The van der Waals surface area contributed by atoms with Gasteiger partial charge in [0.2, 0.25) is 0 Å². The van der Waals surface area contributed by atoms with Crippen LogP contribution in [0.5, 0.6) is 0 Å². The van der Waals surface area contributed by atoms with Gasteiger partial charge in [-0.25, -0.2) is 4.98 Å². The van der Waals surface area contributed by atoms with E-state index in [-0.39, 0.29) is 22.4 Å². The third kappa shape index (κ3) is 2.65. The predicted molar refractivity (Wildman–Crippen MR) is 59.9 cm³/mol. The van der Waals surface area contributed by atoms with Gasteiger partial charge in [-0.3, -0.25) is 9.59 Å². The molecule has 1 aliphatic carbocycles. The molecule has 0 atom stereocenters. The Balaban J connectivity index is 2.33. The number of carbonyl (C=O) groups is 1. The van der Waals surface area contributed by atoms with Crippen molar-refractivity contribution in [2.24, 2.45) is 0 Å². The first kappa shape index (κ1) is 11.7. The first-order chi connectivity index (χ1) is 8.11. The summed E-state index contributed by atoms with van der Waals surface area (Å²) < 4.78 is 0. The molecule has 2 rings (SSSR count). The summed E-state index contributed by atoms with van der Waals surface area (Å²) in [6, 6.07) is 1.85. The maximum absolute atomic E-state index is 11.6. The largest absolute Gasteiger partial charge is 0.481 e. The fourth-order valence-electron chi connectivity index (χ4n) is 1.43. The van der Waals surface area contributed by atoms with E-state index in [1.807, 2.05) is 6.07 Å². The molecule has 6 nitrogen and oxygen atoms in total. The van der Waals surface area contributed by atoms with Crippen molar-refractivity contribution in [3.05, 3.63) is 21.6 Å². The van der Waals surface area contributed by atoms with E-state index in [4.69, 9.17) is 10.4 Å². The van der Waals surface area contributed by atoms with Gasteiger partial charge < -0.3 is 10.1 Å². The van der Waals surface area contributed by atoms with Gasteiger partial charge in [0.15, 0.2) is 5.16 Å². The van der Waals surface area contributed by atoms with Crippen molar-refractivity contribution in [2.75, 3.05) is 5.75 Å². The highest BCUT2D eigenvalue weighted by Crippen LogP contribution is 2.40. The van der Waals surface area contributed by atoms with Crippen LogP contribution in [0.15, 0.2) is 9.95 Å². The standard InChI is InChI=1S/C10H9N3O3S/c11-3-6-8(5-1-2-5)12-10(13-9(6)16)17-4-7(14)15/h5H,1-2,4H2,(H,14,15)(H,12,13,16). The SMILES string of the molecule is N#Cc1c(C2CC2)nc(SCC(=O)O)[nH]c1=O. The number of H-pyrrole nitrogens is 1. The molecule has 1 aromatic heterocycles. The third-order valence-electron chi connectivity index (χ3n) is 2.33. The molecule has 88 valence electrons. The Morgan fingerprint density at radius 2 is 2.35 bits per heavy atom. The van der Waals surface area contributed by atoms with Crippen molar-refractivity contribution in [1.29, 1.82) is 5.26 Å². The number of rotatable bonds is 4. The molecule has 1 aliphatic rings. The highest BCUT2D eigenvalue weighted by Gasteiger charge is 2.29. The van der Waals surface area contributed by atoms with Crippen molar-refractivity contribution in [1.82, 2.24) is 9.97 Å². The number of carboxylic acid groups (broad SMARTS) is 1. The zero-order valence-electron chi connectivity index (χ0n) is 8.77. The van der Waals surface area contributed by atoms with E-state index in [1.165, 1.54) is 0 Å². The minimum absolute atomic E-state index is 0.0483. The van der Waals surface area contributed by atoms with Crippen molar-refractivity contribution < 1.29 is 9.90 Å². The molecule has 0 amide bonds. The normalized spacial score (nSPS) is 14.3. The molecule has 0 radical (unpaired) electrons. The summed E-state index contributed by atoms with van der Waals surface area (Å²) in [7, 11) is 0. The Morgan fingerprint density at radius 1 is 1.65 bits per heavy atom. The zero-order valence-corrected chi connectivity index (χ0v) is 9.58. The highest BCUT2D eigenvalue weighted by atomic mass is 32.2. The summed E-state index contributed by atoms with van der Waals surface area (Å²) in [4.78, 5) is 28.6. The van der Waals surface area contributed by atoms with E-state index < -0.39 is 11.5 Å². The van der Waals surface area contributed by atoms with Gasteiger partial charge in [0.05, 0.1) is 11.4 Å². The van der Waals surface area contributed by atoms with Crippen LogP contribution in [0, 0.1) is 11.3 Å². The van der Waals surface area contributed by atoms with Crippen molar-refractivity contribution >= 4 is 17.7 Å². The van der Waals surface area contributed by atoms with Gasteiger partial charge in [-0.1, -0.05) is 11.8 Å². The van der Waals surface area contributed by atoms with Crippen molar-refractivity contribution in [3.63, 3.8) is 0 Å². The van der Waals surface area contributed by atoms with E-state index >= 15 is 0 Å². The lowest BCUT2D eigenvalue weighted by molar-refractivity contribution is -0.133. The maximum Gasteiger partial charge on any atom is 0.313 e. The second-order valence-corrected chi connectivity index (χ2v) is 4.66. The summed E-state index contributed by atoms with van der Waals surface area (Å²) in [5.74, 6) is -0.968. The monoisotopic (exact) mass is 251 g/mol. The summed E-state index contributed by atoms with van der Waals surface area (Å²) >= 11 is 0.946. The Kier molecular flexibility index (Phi) is 3.15. The Hall–Kier alpha value is -1.81. The van der Waals surface area contributed by atoms with Gasteiger partial charge >= 0.3 is 5.97 Å². The van der Waals surface area contributed by atoms with Gasteiger partial charge in [0, 0.05) is 5.92 Å². The molecular weight excluding hydrogens is 242 g/mol. The summed E-state index contributed by atoms with van der Waals surface area (Å²) in [5, 5.41) is 17.7. The molecule has 1 saturated carbocycles. The number of nitrogens with zero attached hydrogens (tertiary/aromatic N) is 2. The summed E-state index contributed by atoms with van der Waals surface area (Å²) in [5.41, 5.74) is 0.0635. The number of nitrogens with one attached hydrogen (secondary N) is 1. The minimum Gasteiger partial charge on any atom is -0.481 e. The van der Waals surface area contributed by atoms with Crippen LogP contribution in [0.3, 0.4) is 0 Å². The molecule has 0 saturated heterocycles. The van der Waals surface area contributed by atoms with Crippen LogP contribution in [0.2, 0.25) is 0 Å². The van der Waals surface area contributed by atoms with Gasteiger partial charge in [-0.15, -0.1) is 0 Å². The molecule has 0 aromatic carbocycles. The molecule has 1 aromatic rings. The van der Waals surface area contributed by atoms with E-state index in [0.717, 1.165) is 24.6 Å². The van der Waals surface area contributed by atoms with E-state index in [2.05, 4.69) is 9.97 Å². The smallest absolute Gasteiger partial charge is 0.313 e. The van der Waals surface area contributed by atoms with Gasteiger partial charge in [0.1, 0.15) is 11.6 Å². The summed E-state index contributed by atoms with van der Waals surface area (Å²) in [6.45, 7) is 0. The number of hydrogen-bond acceptors (Lipinski definition) is 5. The quantitative estimate of drug-likeness (QED) is 0.602. The predicted octanol–water partition coefficient (Wildman–Crippen LogP) is 0.696. The molecule has 7 heteroatoms. The molecule has 2 N–H and O–H groups in total. The fraction of sp³-hybridized carbons (Fsp3) is 0.400. The van der Waals surface area contributed by atoms with Crippen molar-refractivity contribution in [2.45, 2.75) is 23.9 Å². The van der Waals surface area contributed by atoms with E-state index in [0.29, 0.717) is 5.69 Å². The van der Waals surface area contributed by atoms with E-state index in [1.54, 1.807) is 0 Å². The lowest BCUT2D eigenvalue weighted by Gasteiger charge is -2.03. The van der Waals surface area contributed by atoms with Crippen molar-refractivity contribution in [3.8, 4) is 6.07 Å². The van der Waals surface area contributed by atoms with Crippen LogP contribution in [-0.2, 0) is 4.79 Å². The first-order valence-corrected chi connectivity index (χ1v) is 5.99. The molecule has 17 heavy (non-hydrogen) atoms. The molecular formula is C10H9N3O3S. The number of nitriles is 1. The van der Waals surface area contributed by atoms with Crippen LogP contribution >= 0.6 is 11.8 Å². The van der Waals surface area contributed by atoms with Gasteiger partial charge in [-0.2, -0.15) is 5.26 Å². The third-order valence-corrected chi connectivity index (χ3v) is 3.19. The van der Waals surface area contributed by atoms with Crippen LogP contribution in [0.25, 0.3) is 0 Å². The second-order valence-electron chi connectivity index (χ2n) is 3.70. The van der Waals surface area contributed by atoms with Gasteiger partial charge in [-0.05, 0) is 12.8 Å². The lowest BCUT2D eigenvalue weighted by Crippen LogP contribution is -2.16. The molecule has 0 unspecified atom stereocenters. The number of carboxylic acids is 1. The van der Waals surface area contributed by atoms with Crippen LogP contribution in [0.1, 0.15) is 30.0 Å². The molecule has 0 aliphatic heterocycles. The number of thioether (sulfide) groups is 1. The van der Waals surface area contributed by atoms with E-state index in [9.17, 15) is 9.59 Å². The van der Waals surface area contributed by atoms with Crippen LogP contribution in [0.4, 0.5) is 0 Å². The minimum atomic E-state index is -0.977. The molecule has 1 heterocycles. The number of aliphatic carboxylic acids is 1. The molecule has 0 bridgehead atoms. The Bertz CT molecular complexity index is 557. The Morgan fingerprint density at radius 3 is 2.88 bits per heavy atom. The average Bonchev–Trinajstić information content (AvgIpc) is 3.09. The fourth-order valence-corrected chi connectivity index (χ4v) is 2.02. The highest BCUT2D eigenvalue weighted by molar-refractivity contribution is 7.99. The molecule has 1 fully saturated rings. The average molecular weight is 251 g/mol. The first-order valence-electron chi connectivity index (χ1n) is 5.00. The lowest BCUT2D eigenvalue weighted by atomic mass is 10.2. The second kappa shape index (κ2) is 4.59. The zero-order chi connectivity index (χ0) is 12.4. The van der Waals surface area contributed by atoms with Crippen LogP contribution in [-0.4, -0.2) is 26.8 Å². The summed E-state index contributed by atoms with van der Waals surface area (Å²) in [6.07, 6.45) is 1.85. The van der Waals surface area contributed by atoms with Gasteiger partial charge in [0.25, 0.3) is 5.56 Å². The van der Waals surface area contributed by atoms with Crippen LogP contribution < -0.4 is 5.56 Å². The Labute approximate surface area is 101 Å². The maximum atomic E-state index is 11.6. The number of aromatic nitrogens is 2. The number of aromatic amines is 1. The topological polar surface area (TPSA) is 107 Å².